The molecule has 21 heavy (non-hydrogen) atoms. The van der Waals surface area contributed by atoms with Crippen molar-refractivity contribution in [3.8, 4) is 0 Å². The zero-order valence-corrected chi connectivity index (χ0v) is 15.6. The van der Waals surface area contributed by atoms with Gasteiger partial charge in [-0.25, -0.2) is 0 Å². The second-order valence-corrected chi connectivity index (χ2v) is 7.03. The van der Waals surface area contributed by atoms with Crippen LogP contribution < -0.4 is 5.73 Å². The van der Waals surface area contributed by atoms with Crippen LogP contribution in [0.1, 0.15) is 23.9 Å². The molecular weight excluding hydrogens is 394 g/mol. The summed E-state index contributed by atoms with van der Waals surface area (Å²) in [7, 11) is 2.01. The molecule has 0 amide bonds. The van der Waals surface area contributed by atoms with E-state index in [9.17, 15) is 0 Å². The third kappa shape index (κ3) is 4.18. The van der Waals surface area contributed by atoms with E-state index in [-0.39, 0.29) is 0 Å². The molecule has 2 N–H and O–H groups in total. The fraction of sp³-hybridized carbons (Fsp3) is 0.438. The summed E-state index contributed by atoms with van der Waals surface area (Å²) in [6.45, 7) is 2.80. The van der Waals surface area contributed by atoms with E-state index >= 15 is 0 Å². The van der Waals surface area contributed by atoms with Crippen LogP contribution in [0.25, 0.3) is 0 Å². The molecule has 0 saturated carbocycles. The highest BCUT2D eigenvalue weighted by molar-refractivity contribution is 9.10. The summed E-state index contributed by atoms with van der Waals surface area (Å²) < 4.78 is 4.23. The molecule has 0 radical (unpaired) electrons. The lowest BCUT2D eigenvalue weighted by Crippen LogP contribution is -2.20. The van der Waals surface area contributed by atoms with Gasteiger partial charge in [-0.2, -0.15) is 5.10 Å². The minimum Gasteiger partial charge on any atom is -0.330 e. The van der Waals surface area contributed by atoms with Crippen molar-refractivity contribution in [1.82, 2.24) is 9.78 Å². The number of hydrogen-bond donors (Lipinski definition) is 1. The standard InChI is InChI=1S/C16H21Br2N3/c1-3-14-16(18)15(21(2)20-14)9-12(10-19)7-11-5-4-6-13(17)8-11/h4-6,8,12H,3,7,9-10,19H2,1-2H3. The van der Waals surface area contributed by atoms with Crippen LogP contribution in [-0.2, 0) is 26.3 Å². The normalized spacial score (nSPS) is 12.6. The van der Waals surface area contributed by atoms with Crippen LogP contribution >= 0.6 is 31.9 Å². The Morgan fingerprint density at radius 1 is 1.29 bits per heavy atom. The van der Waals surface area contributed by atoms with Gasteiger partial charge in [0.05, 0.1) is 15.9 Å². The Morgan fingerprint density at radius 3 is 2.62 bits per heavy atom. The largest absolute Gasteiger partial charge is 0.330 e. The molecule has 0 fully saturated rings. The molecule has 0 spiro atoms. The molecule has 3 nitrogen and oxygen atoms in total. The van der Waals surface area contributed by atoms with Gasteiger partial charge < -0.3 is 5.73 Å². The second kappa shape index (κ2) is 7.56. The van der Waals surface area contributed by atoms with Crippen LogP contribution in [-0.4, -0.2) is 16.3 Å². The molecule has 0 bridgehead atoms. The van der Waals surface area contributed by atoms with Crippen molar-refractivity contribution in [2.24, 2.45) is 18.7 Å². The van der Waals surface area contributed by atoms with Crippen LogP contribution in [0, 0.1) is 5.92 Å². The van der Waals surface area contributed by atoms with Crippen molar-refractivity contribution < 1.29 is 0 Å². The SMILES string of the molecule is CCc1nn(C)c(CC(CN)Cc2cccc(Br)c2)c1Br. The molecule has 0 saturated heterocycles. The van der Waals surface area contributed by atoms with Crippen LogP contribution in [0.2, 0.25) is 0 Å². The predicted octanol–water partition coefficient (Wildman–Crippen LogP) is 3.87. The lowest BCUT2D eigenvalue weighted by Gasteiger charge is -2.15. The molecule has 2 aromatic rings. The fourth-order valence-corrected chi connectivity index (χ4v) is 3.78. The number of nitrogens with two attached hydrogens (primary N) is 1. The van der Waals surface area contributed by atoms with Gasteiger partial charge in [-0.15, -0.1) is 0 Å². The van der Waals surface area contributed by atoms with Gasteiger partial charge in [0.1, 0.15) is 0 Å². The van der Waals surface area contributed by atoms with Gasteiger partial charge in [0, 0.05) is 11.5 Å². The minimum atomic E-state index is 0.413. The highest BCUT2D eigenvalue weighted by atomic mass is 79.9. The van der Waals surface area contributed by atoms with Crippen molar-refractivity contribution in [1.29, 1.82) is 0 Å². The Labute approximate surface area is 143 Å². The Morgan fingerprint density at radius 2 is 2.05 bits per heavy atom. The van der Waals surface area contributed by atoms with Crippen molar-refractivity contribution in [3.63, 3.8) is 0 Å². The summed E-state index contributed by atoms with van der Waals surface area (Å²) in [5, 5.41) is 4.56. The van der Waals surface area contributed by atoms with Gasteiger partial charge in [0.25, 0.3) is 0 Å². The molecule has 0 aliphatic carbocycles. The van der Waals surface area contributed by atoms with Crippen molar-refractivity contribution in [2.45, 2.75) is 26.2 Å². The summed E-state index contributed by atoms with van der Waals surface area (Å²) in [4.78, 5) is 0. The first-order chi connectivity index (χ1) is 10.0. The van der Waals surface area contributed by atoms with E-state index in [1.807, 2.05) is 17.8 Å². The summed E-state index contributed by atoms with van der Waals surface area (Å²) in [6.07, 6.45) is 2.86. The summed E-state index contributed by atoms with van der Waals surface area (Å²) >= 11 is 7.21. The van der Waals surface area contributed by atoms with E-state index < -0.39 is 0 Å². The average molecular weight is 415 g/mol. The van der Waals surface area contributed by atoms with Gasteiger partial charge in [0.15, 0.2) is 0 Å². The quantitative estimate of drug-likeness (QED) is 0.779. The van der Waals surface area contributed by atoms with E-state index in [4.69, 9.17) is 5.73 Å². The Hall–Kier alpha value is -0.650. The van der Waals surface area contributed by atoms with Gasteiger partial charge in [-0.1, -0.05) is 35.0 Å². The summed E-state index contributed by atoms with van der Waals surface area (Å²) in [5.41, 5.74) is 9.65. The summed E-state index contributed by atoms with van der Waals surface area (Å²) in [6, 6.07) is 8.44. The molecule has 1 unspecified atom stereocenters. The maximum absolute atomic E-state index is 5.99. The molecule has 0 aliphatic rings. The lowest BCUT2D eigenvalue weighted by molar-refractivity contribution is 0.509. The highest BCUT2D eigenvalue weighted by Crippen LogP contribution is 2.25. The van der Waals surface area contributed by atoms with Crippen molar-refractivity contribution in [3.05, 3.63) is 50.2 Å². The molecule has 1 atom stereocenters. The maximum Gasteiger partial charge on any atom is 0.0766 e. The van der Waals surface area contributed by atoms with Crippen molar-refractivity contribution in [2.75, 3.05) is 6.54 Å². The van der Waals surface area contributed by atoms with E-state index in [1.54, 1.807) is 0 Å². The Balaban J connectivity index is 2.14. The third-order valence-electron chi connectivity index (χ3n) is 3.73. The molecule has 5 heteroatoms. The van der Waals surface area contributed by atoms with Gasteiger partial charge >= 0.3 is 0 Å². The van der Waals surface area contributed by atoms with Crippen LogP contribution in [0.5, 0.6) is 0 Å². The zero-order chi connectivity index (χ0) is 15.4. The smallest absolute Gasteiger partial charge is 0.0766 e. The minimum absolute atomic E-state index is 0.413. The Bertz CT molecular complexity index is 608. The molecular formula is C16H21Br2N3. The van der Waals surface area contributed by atoms with Gasteiger partial charge in [-0.3, -0.25) is 4.68 Å². The monoisotopic (exact) mass is 413 g/mol. The summed E-state index contributed by atoms with van der Waals surface area (Å²) in [5.74, 6) is 0.413. The zero-order valence-electron chi connectivity index (χ0n) is 12.4. The molecule has 1 heterocycles. The van der Waals surface area contributed by atoms with Gasteiger partial charge in [-0.05, 0) is 65.4 Å². The lowest BCUT2D eigenvalue weighted by atomic mass is 9.94. The Kier molecular flexibility index (Phi) is 6.02. The average Bonchev–Trinajstić information content (AvgIpc) is 2.73. The van der Waals surface area contributed by atoms with E-state index in [2.05, 4.69) is 62.1 Å². The van der Waals surface area contributed by atoms with Crippen LogP contribution in [0.15, 0.2) is 33.2 Å². The molecule has 1 aromatic carbocycles. The number of nitrogens with zero attached hydrogens (tertiary/aromatic N) is 2. The fourth-order valence-electron chi connectivity index (χ4n) is 2.55. The molecule has 114 valence electrons. The molecule has 1 aromatic heterocycles. The first-order valence-electron chi connectivity index (χ1n) is 7.19. The number of benzene rings is 1. The van der Waals surface area contributed by atoms with Crippen LogP contribution in [0.3, 0.4) is 0 Å². The number of aromatic nitrogens is 2. The van der Waals surface area contributed by atoms with E-state index in [0.29, 0.717) is 12.5 Å². The third-order valence-corrected chi connectivity index (χ3v) is 5.14. The highest BCUT2D eigenvalue weighted by Gasteiger charge is 2.17. The maximum atomic E-state index is 5.99. The van der Waals surface area contributed by atoms with Gasteiger partial charge in [0.2, 0.25) is 0 Å². The molecule has 0 aliphatic heterocycles. The second-order valence-electron chi connectivity index (χ2n) is 5.32. The molecule has 2 rings (SSSR count). The first-order valence-corrected chi connectivity index (χ1v) is 8.78. The topological polar surface area (TPSA) is 43.8 Å². The number of aryl methyl sites for hydroxylation is 2. The van der Waals surface area contributed by atoms with E-state index in [1.165, 1.54) is 11.3 Å². The van der Waals surface area contributed by atoms with Crippen LogP contribution in [0.4, 0.5) is 0 Å². The predicted molar refractivity (Wildman–Crippen MR) is 94.4 cm³/mol. The number of halogens is 2. The first kappa shape index (κ1) is 16.7. The number of hydrogen-bond acceptors (Lipinski definition) is 2. The van der Waals surface area contributed by atoms with Crippen molar-refractivity contribution >= 4 is 31.9 Å². The van der Waals surface area contributed by atoms with E-state index in [0.717, 1.165) is 33.9 Å². The number of rotatable bonds is 6.